The van der Waals surface area contributed by atoms with Crippen LogP contribution in [0.1, 0.15) is 15.9 Å². The summed E-state index contributed by atoms with van der Waals surface area (Å²) in [6.07, 6.45) is 0. The third-order valence-corrected chi connectivity index (χ3v) is 3.38. The van der Waals surface area contributed by atoms with Gasteiger partial charge in [-0.15, -0.1) is 0 Å². The summed E-state index contributed by atoms with van der Waals surface area (Å²) in [5.41, 5.74) is 6.10. The predicted molar refractivity (Wildman–Crippen MR) is 74.0 cm³/mol. The van der Waals surface area contributed by atoms with Crippen LogP contribution < -0.4 is 5.73 Å². The smallest absolute Gasteiger partial charge is 0.340 e. The van der Waals surface area contributed by atoms with Gasteiger partial charge in [-0.25, -0.2) is 13.6 Å². The molecular weight excluding hydrogens is 332 g/mol. The van der Waals surface area contributed by atoms with Gasteiger partial charge < -0.3 is 10.5 Å². The Morgan fingerprint density at radius 1 is 1.15 bits per heavy atom. The minimum atomic E-state index is -0.766. The zero-order chi connectivity index (χ0) is 14.7. The molecule has 0 aliphatic carbocycles. The molecule has 0 spiro atoms. The number of ether oxygens (including phenoxy) is 1. The molecule has 0 aliphatic heterocycles. The second-order valence-electron chi connectivity index (χ2n) is 4.04. The molecule has 104 valence electrons. The lowest BCUT2D eigenvalue weighted by molar-refractivity contribution is 0.0472. The van der Waals surface area contributed by atoms with Crippen molar-refractivity contribution in [2.45, 2.75) is 6.61 Å². The second-order valence-corrected chi connectivity index (χ2v) is 4.90. The molecule has 0 amide bonds. The number of carbonyl (C=O) groups excluding carboxylic acids is 1. The normalized spacial score (nSPS) is 10.3. The number of anilines is 1. The summed E-state index contributed by atoms with van der Waals surface area (Å²) in [6, 6.07) is 7.46. The van der Waals surface area contributed by atoms with Gasteiger partial charge in [0.15, 0.2) is 0 Å². The minimum Gasteiger partial charge on any atom is -0.457 e. The highest BCUT2D eigenvalue weighted by Crippen LogP contribution is 2.20. The zero-order valence-corrected chi connectivity index (χ0v) is 11.8. The molecule has 0 radical (unpaired) electrons. The van der Waals surface area contributed by atoms with E-state index in [0.717, 1.165) is 12.1 Å². The van der Waals surface area contributed by atoms with Gasteiger partial charge in [-0.1, -0.05) is 15.9 Å². The SMILES string of the molecule is Nc1ccc(F)cc1C(=O)OCc1cc(F)ccc1Br. The van der Waals surface area contributed by atoms with Crippen molar-refractivity contribution < 1.29 is 18.3 Å². The van der Waals surface area contributed by atoms with Crippen LogP contribution in [0, 0.1) is 11.6 Å². The van der Waals surface area contributed by atoms with Crippen molar-refractivity contribution in [1.82, 2.24) is 0 Å². The van der Waals surface area contributed by atoms with Gasteiger partial charge in [-0.2, -0.15) is 0 Å². The summed E-state index contributed by atoms with van der Waals surface area (Å²) < 4.78 is 31.8. The maximum Gasteiger partial charge on any atom is 0.340 e. The van der Waals surface area contributed by atoms with Crippen molar-refractivity contribution in [2.75, 3.05) is 5.73 Å². The monoisotopic (exact) mass is 341 g/mol. The largest absolute Gasteiger partial charge is 0.457 e. The zero-order valence-electron chi connectivity index (χ0n) is 10.2. The Kier molecular flexibility index (Phi) is 4.34. The Balaban J connectivity index is 2.12. The Morgan fingerprint density at radius 3 is 2.55 bits per heavy atom. The number of hydrogen-bond acceptors (Lipinski definition) is 3. The van der Waals surface area contributed by atoms with Crippen LogP contribution in [-0.2, 0) is 11.3 Å². The number of rotatable bonds is 3. The molecule has 2 N–H and O–H groups in total. The quantitative estimate of drug-likeness (QED) is 0.684. The molecule has 0 aliphatic rings. The Labute approximate surface area is 122 Å². The van der Waals surface area contributed by atoms with Crippen LogP contribution >= 0.6 is 15.9 Å². The first-order valence-electron chi connectivity index (χ1n) is 5.63. The number of carbonyl (C=O) groups is 1. The second kappa shape index (κ2) is 6.00. The number of hydrogen-bond donors (Lipinski definition) is 1. The highest BCUT2D eigenvalue weighted by molar-refractivity contribution is 9.10. The summed E-state index contributed by atoms with van der Waals surface area (Å²) in [5.74, 6) is -1.79. The molecule has 20 heavy (non-hydrogen) atoms. The molecule has 2 rings (SSSR count). The predicted octanol–water partition coefficient (Wildman–Crippen LogP) is 3.67. The van der Waals surface area contributed by atoms with Crippen molar-refractivity contribution in [3.05, 3.63) is 63.6 Å². The van der Waals surface area contributed by atoms with Gasteiger partial charge in [0.25, 0.3) is 0 Å². The Hall–Kier alpha value is -1.95. The van der Waals surface area contributed by atoms with E-state index in [2.05, 4.69) is 15.9 Å². The van der Waals surface area contributed by atoms with Crippen molar-refractivity contribution in [2.24, 2.45) is 0 Å². The molecule has 0 fully saturated rings. The molecular formula is C14H10BrF2NO2. The Morgan fingerprint density at radius 2 is 1.80 bits per heavy atom. The van der Waals surface area contributed by atoms with E-state index in [0.29, 0.717) is 10.0 Å². The van der Waals surface area contributed by atoms with Crippen LogP contribution in [0.15, 0.2) is 40.9 Å². The lowest BCUT2D eigenvalue weighted by atomic mass is 10.2. The van der Waals surface area contributed by atoms with E-state index >= 15 is 0 Å². The van der Waals surface area contributed by atoms with Crippen LogP contribution in [0.3, 0.4) is 0 Å². The number of esters is 1. The van der Waals surface area contributed by atoms with E-state index in [-0.39, 0.29) is 17.9 Å². The summed E-state index contributed by atoms with van der Waals surface area (Å²) in [5, 5.41) is 0. The summed E-state index contributed by atoms with van der Waals surface area (Å²) in [7, 11) is 0. The van der Waals surface area contributed by atoms with Crippen LogP contribution in [0.4, 0.5) is 14.5 Å². The number of nitrogen functional groups attached to an aromatic ring is 1. The van der Waals surface area contributed by atoms with E-state index in [1.54, 1.807) is 0 Å². The first-order valence-corrected chi connectivity index (χ1v) is 6.43. The molecule has 0 bridgehead atoms. The molecule has 0 saturated carbocycles. The fourth-order valence-electron chi connectivity index (χ4n) is 1.58. The molecule has 0 aromatic heterocycles. The molecule has 2 aromatic carbocycles. The lowest BCUT2D eigenvalue weighted by Crippen LogP contribution is -2.09. The van der Waals surface area contributed by atoms with E-state index in [1.807, 2.05) is 0 Å². The number of nitrogens with two attached hydrogens (primary N) is 1. The van der Waals surface area contributed by atoms with E-state index in [4.69, 9.17) is 10.5 Å². The summed E-state index contributed by atoms with van der Waals surface area (Å²) in [6.45, 7) is -0.146. The maximum absolute atomic E-state index is 13.1. The first kappa shape index (κ1) is 14.5. The first-order chi connectivity index (χ1) is 9.47. The van der Waals surface area contributed by atoms with Crippen molar-refractivity contribution >= 4 is 27.6 Å². The lowest BCUT2D eigenvalue weighted by Gasteiger charge is -2.08. The minimum absolute atomic E-state index is 0.0578. The molecule has 0 saturated heterocycles. The Bertz CT molecular complexity index is 662. The fraction of sp³-hybridized carbons (Fsp3) is 0.0714. The molecule has 0 atom stereocenters. The third kappa shape index (κ3) is 3.33. The van der Waals surface area contributed by atoms with Gasteiger partial charge in [0.1, 0.15) is 18.2 Å². The summed E-state index contributed by atoms with van der Waals surface area (Å²) >= 11 is 3.22. The van der Waals surface area contributed by atoms with Crippen molar-refractivity contribution in [3.8, 4) is 0 Å². The highest BCUT2D eigenvalue weighted by Gasteiger charge is 2.13. The number of benzene rings is 2. The fourth-order valence-corrected chi connectivity index (χ4v) is 1.94. The molecule has 0 heterocycles. The van der Waals surface area contributed by atoms with Crippen molar-refractivity contribution in [3.63, 3.8) is 0 Å². The van der Waals surface area contributed by atoms with E-state index in [1.165, 1.54) is 24.3 Å². The third-order valence-electron chi connectivity index (χ3n) is 2.60. The molecule has 6 heteroatoms. The van der Waals surface area contributed by atoms with Crippen LogP contribution in [0.2, 0.25) is 0 Å². The van der Waals surface area contributed by atoms with Crippen LogP contribution in [-0.4, -0.2) is 5.97 Å². The van der Waals surface area contributed by atoms with Gasteiger partial charge in [0, 0.05) is 15.7 Å². The maximum atomic E-state index is 13.1. The highest BCUT2D eigenvalue weighted by atomic mass is 79.9. The van der Waals surface area contributed by atoms with E-state index < -0.39 is 17.6 Å². The molecule has 3 nitrogen and oxygen atoms in total. The van der Waals surface area contributed by atoms with Gasteiger partial charge in [0.05, 0.1) is 5.56 Å². The van der Waals surface area contributed by atoms with E-state index in [9.17, 15) is 13.6 Å². The average Bonchev–Trinajstić information content (AvgIpc) is 2.42. The standard InChI is InChI=1S/C14H10BrF2NO2/c15-12-3-1-9(16)5-8(12)7-20-14(19)11-6-10(17)2-4-13(11)18/h1-6H,7,18H2. The number of halogens is 3. The van der Waals surface area contributed by atoms with Gasteiger partial charge >= 0.3 is 5.97 Å². The van der Waals surface area contributed by atoms with Crippen molar-refractivity contribution in [1.29, 1.82) is 0 Å². The average molecular weight is 342 g/mol. The molecule has 2 aromatic rings. The van der Waals surface area contributed by atoms with Gasteiger partial charge in [-0.3, -0.25) is 0 Å². The van der Waals surface area contributed by atoms with Crippen LogP contribution in [0.5, 0.6) is 0 Å². The topological polar surface area (TPSA) is 52.3 Å². The van der Waals surface area contributed by atoms with Gasteiger partial charge in [0.2, 0.25) is 0 Å². The van der Waals surface area contributed by atoms with Gasteiger partial charge in [-0.05, 0) is 36.4 Å². The summed E-state index contributed by atoms with van der Waals surface area (Å²) in [4.78, 5) is 11.8. The van der Waals surface area contributed by atoms with Crippen LogP contribution in [0.25, 0.3) is 0 Å². The molecule has 0 unspecified atom stereocenters.